The van der Waals surface area contributed by atoms with Gasteiger partial charge in [0.15, 0.2) is 0 Å². The standard InChI is InChI=1S/C48H40Br2O/c1-32-44(40-26-10-12-28-42(40)49)46(37-22-14-20-35(30-37)33-16-4-2-5-17-33)48(51,39-24-8-9-25-39)47(45(32)41-27-11-13-29-43(41)50)38-23-15-21-36(31-38)34-18-6-3-7-19-34/h2-32,39-40,42,44,46,51H,1H3. The highest BCUT2D eigenvalue weighted by molar-refractivity contribution is 9.10. The molecule has 0 aliphatic heterocycles. The Bertz CT molecular complexity index is 2180. The van der Waals surface area contributed by atoms with Gasteiger partial charge in [0.25, 0.3) is 0 Å². The van der Waals surface area contributed by atoms with E-state index in [0.29, 0.717) is 0 Å². The maximum atomic E-state index is 14.3. The summed E-state index contributed by atoms with van der Waals surface area (Å²) >= 11 is 8.08. The van der Waals surface area contributed by atoms with E-state index >= 15 is 0 Å². The summed E-state index contributed by atoms with van der Waals surface area (Å²) in [5.41, 5.74) is 8.80. The van der Waals surface area contributed by atoms with Crippen molar-refractivity contribution in [2.75, 3.05) is 0 Å². The zero-order chi connectivity index (χ0) is 35.0. The van der Waals surface area contributed by atoms with Crippen molar-refractivity contribution < 1.29 is 5.11 Å². The monoisotopic (exact) mass is 790 g/mol. The van der Waals surface area contributed by atoms with Crippen molar-refractivity contribution in [2.45, 2.75) is 23.3 Å². The Kier molecular flexibility index (Phi) is 9.55. The van der Waals surface area contributed by atoms with E-state index in [9.17, 15) is 5.11 Å². The van der Waals surface area contributed by atoms with Crippen LogP contribution in [-0.4, -0.2) is 15.5 Å². The van der Waals surface area contributed by atoms with Gasteiger partial charge in [-0.15, -0.1) is 0 Å². The Morgan fingerprint density at radius 3 is 1.78 bits per heavy atom. The SMILES string of the molecule is CC1C(c2ccccc2Br)=C(c2cccc(-c3ccccc3)c2)C(O)(C2C=CC=C2)C(c2cccc(-c3ccccc3)c2)C1C1C=CC=CC1Br. The second-order valence-corrected chi connectivity index (χ2v) is 15.9. The predicted molar refractivity (Wildman–Crippen MR) is 221 cm³/mol. The first-order chi connectivity index (χ1) is 24.9. The molecule has 0 amide bonds. The summed E-state index contributed by atoms with van der Waals surface area (Å²) in [6.07, 6.45) is 17.5. The highest BCUT2D eigenvalue weighted by atomic mass is 79.9. The van der Waals surface area contributed by atoms with E-state index in [-0.39, 0.29) is 34.4 Å². The highest BCUT2D eigenvalue weighted by Gasteiger charge is 2.57. The minimum absolute atomic E-state index is 0.0390. The maximum absolute atomic E-state index is 14.3. The number of hydrogen-bond donors (Lipinski definition) is 1. The molecular formula is C48H40Br2O. The van der Waals surface area contributed by atoms with E-state index in [4.69, 9.17) is 0 Å². The zero-order valence-electron chi connectivity index (χ0n) is 28.5. The minimum atomic E-state index is -1.31. The molecule has 0 saturated heterocycles. The number of rotatable bonds is 7. The molecule has 0 radical (unpaired) electrons. The van der Waals surface area contributed by atoms with Gasteiger partial charge in [-0.05, 0) is 80.0 Å². The first-order valence-electron chi connectivity index (χ1n) is 17.8. The Morgan fingerprint density at radius 1 is 0.569 bits per heavy atom. The van der Waals surface area contributed by atoms with E-state index in [1.54, 1.807) is 0 Å². The average Bonchev–Trinajstić information content (AvgIpc) is 3.73. The van der Waals surface area contributed by atoms with Crippen molar-refractivity contribution in [2.24, 2.45) is 23.7 Å². The summed E-state index contributed by atoms with van der Waals surface area (Å²) in [5, 5.41) is 14.3. The molecule has 6 unspecified atom stereocenters. The van der Waals surface area contributed by atoms with Gasteiger partial charge >= 0.3 is 0 Å². The summed E-state index contributed by atoms with van der Waals surface area (Å²) < 4.78 is 1.03. The molecule has 3 aliphatic rings. The highest BCUT2D eigenvalue weighted by Crippen LogP contribution is 2.62. The first-order valence-corrected chi connectivity index (χ1v) is 19.5. The van der Waals surface area contributed by atoms with Crippen LogP contribution in [0.2, 0.25) is 0 Å². The van der Waals surface area contributed by atoms with Crippen LogP contribution in [0.25, 0.3) is 33.4 Å². The van der Waals surface area contributed by atoms with Crippen molar-refractivity contribution in [3.63, 3.8) is 0 Å². The fraction of sp³-hybridized carbons (Fsp3) is 0.167. The summed E-state index contributed by atoms with van der Waals surface area (Å²) in [7, 11) is 0. The summed E-state index contributed by atoms with van der Waals surface area (Å²) in [6, 6.07) is 47.4. The smallest absolute Gasteiger partial charge is 0.107 e. The van der Waals surface area contributed by atoms with Gasteiger partial charge < -0.3 is 5.11 Å². The van der Waals surface area contributed by atoms with Crippen LogP contribution in [0.4, 0.5) is 0 Å². The van der Waals surface area contributed by atoms with Gasteiger partial charge in [-0.2, -0.15) is 0 Å². The zero-order valence-corrected chi connectivity index (χ0v) is 31.7. The lowest BCUT2D eigenvalue weighted by atomic mass is 9.51. The molecule has 0 aromatic heterocycles. The van der Waals surface area contributed by atoms with Crippen molar-refractivity contribution in [1.82, 2.24) is 0 Å². The van der Waals surface area contributed by atoms with Crippen LogP contribution in [0.15, 0.2) is 187 Å². The van der Waals surface area contributed by atoms with E-state index in [1.165, 1.54) is 11.1 Å². The molecule has 51 heavy (non-hydrogen) atoms. The van der Waals surface area contributed by atoms with Crippen LogP contribution in [0, 0.1) is 23.7 Å². The molecule has 8 rings (SSSR count). The number of halogens is 2. The van der Waals surface area contributed by atoms with Gasteiger partial charge in [-0.3, -0.25) is 0 Å². The Hall–Kier alpha value is -4.28. The van der Waals surface area contributed by atoms with Crippen LogP contribution in [-0.2, 0) is 0 Å². The molecule has 1 N–H and O–H groups in total. The summed E-state index contributed by atoms with van der Waals surface area (Å²) in [4.78, 5) is 0.122. The van der Waals surface area contributed by atoms with Crippen LogP contribution in [0.5, 0.6) is 0 Å². The Morgan fingerprint density at radius 2 is 1.12 bits per heavy atom. The lowest BCUT2D eigenvalue weighted by Crippen LogP contribution is -2.53. The van der Waals surface area contributed by atoms with Crippen LogP contribution >= 0.6 is 31.9 Å². The molecule has 0 bridgehead atoms. The van der Waals surface area contributed by atoms with Gasteiger partial charge in [0.05, 0.1) is 0 Å². The van der Waals surface area contributed by atoms with Crippen LogP contribution in [0.1, 0.15) is 29.5 Å². The molecule has 1 nitrogen and oxygen atoms in total. The van der Waals surface area contributed by atoms with Gasteiger partial charge in [-0.25, -0.2) is 0 Å². The van der Waals surface area contributed by atoms with Gasteiger partial charge in [-0.1, -0.05) is 209 Å². The van der Waals surface area contributed by atoms with Crippen molar-refractivity contribution in [1.29, 1.82) is 0 Å². The molecule has 252 valence electrons. The van der Waals surface area contributed by atoms with Crippen molar-refractivity contribution in [3.8, 4) is 22.3 Å². The second kappa shape index (κ2) is 14.4. The molecule has 0 fully saturated rings. The van der Waals surface area contributed by atoms with E-state index in [1.807, 2.05) is 0 Å². The molecule has 6 atom stereocenters. The Balaban J connectivity index is 1.47. The Labute approximate surface area is 318 Å². The predicted octanol–water partition coefficient (Wildman–Crippen LogP) is 12.7. The third-order valence-electron chi connectivity index (χ3n) is 11.1. The minimum Gasteiger partial charge on any atom is -0.384 e. The van der Waals surface area contributed by atoms with Gasteiger partial charge in [0.2, 0.25) is 0 Å². The molecule has 3 heteroatoms. The molecule has 5 aromatic carbocycles. The first kappa shape index (κ1) is 33.8. The topological polar surface area (TPSA) is 20.2 Å². The maximum Gasteiger partial charge on any atom is 0.107 e. The lowest BCUT2D eigenvalue weighted by molar-refractivity contribution is 0.00356. The fourth-order valence-corrected chi connectivity index (χ4v) is 10.1. The van der Waals surface area contributed by atoms with Gasteiger partial charge in [0.1, 0.15) is 5.60 Å². The number of benzene rings is 5. The average molecular weight is 793 g/mol. The van der Waals surface area contributed by atoms with E-state index < -0.39 is 5.60 Å². The second-order valence-electron chi connectivity index (χ2n) is 14.0. The van der Waals surface area contributed by atoms with Crippen LogP contribution < -0.4 is 0 Å². The van der Waals surface area contributed by atoms with E-state index in [0.717, 1.165) is 43.4 Å². The normalized spacial score (nSPS) is 25.8. The molecule has 0 saturated carbocycles. The molecular weight excluding hydrogens is 752 g/mol. The van der Waals surface area contributed by atoms with Crippen LogP contribution in [0.3, 0.4) is 0 Å². The number of allylic oxidation sites excluding steroid dienone is 7. The molecule has 0 heterocycles. The number of alkyl halides is 1. The molecule has 5 aromatic rings. The fourth-order valence-electron chi connectivity index (χ4n) is 8.92. The summed E-state index contributed by atoms with van der Waals surface area (Å²) in [5.74, 6) is -0.262. The third kappa shape index (κ3) is 6.20. The van der Waals surface area contributed by atoms with Gasteiger partial charge in [0, 0.05) is 21.1 Å². The molecule has 3 aliphatic carbocycles. The van der Waals surface area contributed by atoms with Crippen molar-refractivity contribution in [3.05, 3.63) is 203 Å². The third-order valence-corrected chi connectivity index (χ3v) is 12.8. The number of aliphatic hydroxyl groups is 1. The summed E-state index contributed by atoms with van der Waals surface area (Å²) in [6.45, 7) is 2.39. The largest absolute Gasteiger partial charge is 0.384 e. The van der Waals surface area contributed by atoms with E-state index in [2.05, 4.69) is 221 Å². The molecule has 0 spiro atoms. The number of hydrogen-bond acceptors (Lipinski definition) is 1. The quantitative estimate of drug-likeness (QED) is 0.163. The van der Waals surface area contributed by atoms with Crippen molar-refractivity contribution >= 4 is 43.0 Å². The lowest BCUT2D eigenvalue weighted by Gasteiger charge is -2.55.